The van der Waals surface area contributed by atoms with Gasteiger partial charge in [-0.2, -0.15) is 39.5 Å². The van der Waals surface area contributed by atoms with Gasteiger partial charge in [0.25, 0.3) is 0 Å². The van der Waals surface area contributed by atoms with Gasteiger partial charge in [-0.15, -0.1) is 0 Å². The minimum absolute atomic E-state index is 1.45. The molecule has 0 nitrogen and oxygen atoms in total. The van der Waals surface area contributed by atoms with Gasteiger partial charge in [-0.1, -0.05) is 0 Å². The first kappa shape index (κ1) is 15.0. The number of rotatable bonds is 1. The summed E-state index contributed by atoms with van der Waals surface area (Å²) in [5.74, 6) is 0. The first-order valence-electron chi connectivity index (χ1n) is 3.30. The molecule has 0 fully saturated rings. The van der Waals surface area contributed by atoms with Crippen molar-refractivity contribution >= 4 is 0 Å². The van der Waals surface area contributed by atoms with E-state index in [-0.39, 0.29) is 0 Å². The molecule has 0 aromatic heterocycles. The lowest BCUT2D eigenvalue weighted by molar-refractivity contribution is -0.322. The van der Waals surface area contributed by atoms with Crippen molar-refractivity contribution in [3.63, 3.8) is 0 Å². The maximum absolute atomic E-state index is 12.5. The second kappa shape index (κ2) is 3.81. The number of hydrogen-bond donors (Lipinski definition) is 0. The van der Waals surface area contributed by atoms with Crippen molar-refractivity contribution in [3.8, 4) is 0 Å². The highest BCUT2D eigenvalue weighted by molar-refractivity contribution is 5.12. The van der Waals surface area contributed by atoms with Crippen LogP contribution in [0, 0.1) is 0 Å². The van der Waals surface area contributed by atoms with Gasteiger partial charge in [0.05, 0.1) is 0 Å². The largest absolute Gasteiger partial charge is 0.435 e. The zero-order valence-corrected chi connectivity index (χ0v) is 6.93. The molecule has 0 atom stereocenters. The normalized spacial score (nSPS) is 15.9. The monoisotopic (exact) mass is 264 g/mol. The third-order valence-electron chi connectivity index (χ3n) is 1.33. The van der Waals surface area contributed by atoms with E-state index in [1.807, 2.05) is 0 Å². The fraction of sp³-hybridized carbons (Fsp3) is 0.667. The molecule has 0 heterocycles. The number of halogens is 10. The molecule has 0 unspecified atom stereocenters. The van der Waals surface area contributed by atoms with E-state index in [0.29, 0.717) is 0 Å². The highest BCUT2D eigenvalue weighted by atomic mass is 19.4. The Labute approximate surface area is 81.5 Å². The lowest BCUT2D eigenvalue weighted by atomic mass is 10.0. The van der Waals surface area contributed by atoms with Crippen molar-refractivity contribution in [2.75, 3.05) is 0 Å². The van der Waals surface area contributed by atoms with Gasteiger partial charge in [0.1, 0.15) is 0 Å². The summed E-state index contributed by atoms with van der Waals surface area (Å²) in [6, 6.07) is 0. The van der Waals surface area contributed by atoms with Crippen molar-refractivity contribution < 1.29 is 43.9 Å². The topological polar surface area (TPSA) is 0 Å². The Hall–Kier alpha value is -0.960. The van der Waals surface area contributed by atoms with Gasteiger partial charge in [0.2, 0.25) is 0 Å². The summed E-state index contributed by atoms with van der Waals surface area (Å²) in [7, 11) is 0. The average Bonchev–Trinajstić information content (AvgIpc) is 1.93. The lowest BCUT2D eigenvalue weighted by Gasteiger charge is -2.27. The molecule has 0 aromatic carbocycles. The van der Waals surface area contributed by atoms with Crippen molar-refractivity contribution in [2.24, 2.45) is 0 Å². The summed E-state index contributed by atoms with van der Waals surface area (Å²) in [6.45, 7) is 0. The van der Waals surface area contributed by atoms with Gasteiger partial charge < -0.3 is 0 Å². The molecule has 0 saturated carbocycles. The van der Waals surface area contributed by atoms with Gasteiger partial charge in [0, 0.05) is 6.08 Å². The van der Waals surface area contributed by atoms with Gasteiger partial charge in [-0.05, 0) is 6.08 Å². The molecule has 0 aliphatic heterocycles. The van der Waals surface area contributed by atoms with Crippen molar-refractivity contribution in [2.45, 2.75) is 24.2 Å². The SMILES string of the molecule is FC(F)(F)/C=C/C(F)(C(F)(F)F)C(F)(F)F. The van der Waals surface area contributed by atoms with E-state index in [0.717, 1.165) is 0 Å². The molecule has 0 amide bonds. The summed E-state index contributed by atoms with van der Waals surface area (Å²) < 4.78 is 117. The zero-order valence-electron chi connectivity index (χ0n) is 6.93. The smallest absolute Gasteiger partial charge is 0.219 e. The Morgan fingerprint density at radius 1 is 0.500 bits per heavy atom. The number of hydrogen-bond acceptors (Lipinski definition) is 0. The highest BCUT2D eigenvalue weighted by Crippen LogP contribution is 2.47. The second-order valence-corrected chi connectivity index (χ2v) is 2.58. The molecule has 0 saturated heterocycles. The van der Waals surface area contributed by atoms with Crippen molar-refractivity contribution in [1.82, 2.24) is 0 Å². The Morgan fingerprint density at radius 2 is 0.812 bits per heavy atom. The molecule has 0 aromatic rings. The van der Waals surface area contributed by atoms with E-state index < -0.39 is 36.3 Å². The molecule has 0 rings (SSSR count). The van der Waals surface area contributed by atoms with Crippen LogP contribution in [0.2, 0.25) is 0 Å². The van der Waals surface area contributed by atoms with Gasteiger partial charge >= 0.3 is 24.2 Å². The van der Waals surface area contributed by atoms with Gasteiger partial charge in [0.15, 0.2) is 0 Å². The molecular formula is C6H2F10. The van der Waals surface area contributed by atoms with Crippen LogP contribution in [0.25, 0.3) is 0 Å². The van der Waals surface area contributed by atoms with Gasteiger partial charge in [-0.3, -0.25) is 0 Å². The van der Waals surface area contributed by atoms with Crippen LogP contribution in [-0.2, 0) is 0 Å². The van der Waals surface area contributed by atoms with Crippen molar-refractivity contribution in [3.05, 3.63) is 12.2 Å². The maximum atomic E-state index is 12.5. The van der Waals surface area contributed by atoms with Crippen LogP contribution < -0.4 is 0 Å². The van der Waals surface area contributed by atoms with Crippen LogP contribution in [0.4, 0.5) is 43.9 Å². The molecule has 0 bridgehead atoms. The van der Waals surface area contributed by atoms with E-state index >= 15 is 0 Å². The molecule has 10 heteroatoms. The minimum atomic E-state index is -6.52. The molecule has 0 spiro atoms. The molecule has 16 heavy (non-hydrogen) atoms. The van der Waals surface area contributed by atoms with Crippen molar-refractivity contribution in [1.29, 1.82) is 0 Å². The third kappa shape index (κ3) is 3.27. The Morgan fingerprint density at radius 3 is 1.00 bits per heavy atom. The molecule has 0 N–H and O–H groups in total. The van der Waals surface area contributed by atoms with Crippen LogP contribution in [-0.4, -0.2) is 24.2 Å². The predicted octanol–water partition coefficient (Wildman–Crippen LogP) is 3.94. The molecule has 0 radical (unpaired) electrons. The van der Waals surface area contributed by atoms with E-state index in [1.54, 1.807) is 0 Å². The quantitative estimate of drug-likeness (QED) is 0.497. The average molecular weight is 264 g/mol. The highest BCUT2D eigenvalue weighted by Gasteiger charge is 2.71. The Balaban J connectivity index is 5.39. The lowest BCUT2D eigenvalue weighted by Crippen LogP contribution is -2.51. The molecule has 0 aliphatic carbocycles. The minimum Gasteiger partial charge on any atom is -0.219 e. The first-order chi connectivity index (χ1) is 6.71. The van der Waals surface area contributed by atoms with E-state index in [2.05, 4.69) is 0 Å². The third-order valence-corrected chi connectivity index (χ3v) is 1.33. The maximum Gasteiger partial charge on any atom is 0.435 e. The Bertz CT molecular complexity index is 249. The zero-order chi connectivity index (χ0) is 13.4. The predicted molar refractivity (Wildman–Crippen MR) is 31.1 cm³/mol. The fourth-order valence-corrected chi connectivity index (χ4v) is 0.559. The summed E-state index contributed by atoms with van der Waals surface area (Å²) in [5.41, 5.74) is -6.02. The van der Waals surface area contributed by atoms with Crippen LogP contribution in [0.1, 0.15) is 0 Å². The fourth-order valence-electron chi connectivity index (χ4n) is 0.559. The number of alkyl halides is 10. The standard InChI is InChI=1S/C6H2F10/c7-3(5(11,12)13,6(14,15)16)1-2-4(8,9)10/h1-2H/b2-1+. The number of allylic oxidation sites excluding steroid dienone is 2. The first-order valence-corrected chi connectivity index (χ1v) is 3.30. The van der Waals surface area contributed by atoms with Crippen LogP contribution in [0.5, 0.6) is 0 Å². The van der Waals surface area contributed by atoms with Crippen LogP contribution in [0.15, 0.2) is 12.2 Å². The molecule has 96 valence electrons. The van der Waals surface area contributed by atoms with Crippen LogP contribution in [0.3, 0.4) is 0 Å². The summed E-state index contributed by atoms with van der Waals surface area (Å²) in [5, 5.41) is 0. The summed E-state index contributed by atoms with van der Waals surface area (Å²) in [6.07, 6.45) is -21.6. The molecular weight excluding hydrogens is 262 g/mol. The van der Waals surface area contributed by atoms with E-state index in [9.17, 15) is 43.9 Å². The molecule has 0 aliphatic rings. The van der Waals surface area contributed by atoms with E-state index in [1.165, 1.54) is 0 Å². The Kier molecular flexibility index (Phi) is 3.58. The van der Waals surface area contributed by atoms with E-state index in [4.69, 9.17) is 0 Å². The summed E-state index contributed by atoms with van der Waals surface area (Å²) >= 11 is 0. The van der Waals surface area contributed by atoms with Crippen LogP contribution >= 0.6 is 0 Å². The van der Waals surface area contributed by atoms with Gasteiger partial charge in [-0.25, -0.2) is 4.39 Å². The summed E-state index contributed by atoms with van der Waals surface area (Å²) in [4.78, 5) is 0. The second-order valence-electron chi connectivity index (χ2n) is 2.58.